The number of rotatable bonds is 9. The SMILES string of the molecule is CCCCCCCC[NH+]([O-])CC1CCCCC1. The van der Waals surface area contributed by atoms with Crippen LogP contribution in [0.1, 0.15) is 77.6 Å². The lowest BCUT2D eigenvalue weighted by Crippen LogP contribution is -3.08. The Labute approximate surface area is 107 Å². The highest BCUT2D eigenvalue weighted by Crippen LogP contribution is 2.22. The van der Waals surface area contributed by atoms with Crippen LogP contribution >= 0.6 is 0 Å². The van der Waals surface area contributed by atoms with Crippen LogP contribution in [-0.4, -0.2) is 13.1 Å². The predicted octanol–water partition coefficient (Wildman–Crippen LogP) is 3.31. The maximum absolute atomic E-state index is 11.8. The lowest BCUT2D eigenvalue weighted by Gasteiger charge is -2.29. The fraction of sp³-hybridized carbons (Fsp3) is 1.00. The molecular formula is C15H31NO. The quantitative estimate of drug-likeness (QED) is 0.487. The van der Waals surface area contributed by atoms with E-state index in [1.54, 1.807) is 0 Å². The Morgan fingerprint density at radius 1 is 0.941 bits per heavy atom. The second-order valence-corrected chi connectivity index (χ2v) is 5.76. The first kappa shape index (κ1) is 15.0. The lowest BCUT2D eigenvalue weighted by atomic mass is 9.89. The number of hydrogen-bond acceptors (Lipinski definition) is 1. The highest BCUT2D eigenvalue weighted by Gasteiger charge is 2.15. The third-order valence-corrected chi connectivity index (χ3v) is 4.05. The summed E-state index contributed by atoms with van der Waals surface area (Å²) in [6, 6.07) is 0. The molecule has 0 aliphatic heterocycles. The standard InChI is InChI=1S/C15H31NO/c1-2-3-4-5-6-10-13-16(17)14-15-11-8-7-9-12-15/h15-16H,2-14H2,1H3. The lowest BCUT2D eigenvalue weighted by molar-refractivity contribution is -0.852. The van der Waals surface area contributed by atoms with Crippen LogP contribution < -0.4 is 5.06 Å². The van der Waals surface area contributed by atoms with Crippen molar-refractivity contribution >= 4 is 0 Å². The van der Waals surface area contributed by atoms with Crippen molar-refractivity contribution in [3.63, 3.8) is 0 Å². The molecule has 1 rings (SSSR count). The molecule has 0 spiro atoms. The van der Waals surface area contributed by atoms with E-state index in [1.165, 1.54) is 64.2 Å². The van der Waals surface area contributed by atoms with E-state index in [2.05, 4.69) is 6.92 Å². The Balaban J connectivity index is 1.91. The van der Waals surface area contributed by atoms with Crippen LogP contribution in [0.2, 0.25) is 0 Å². The summed E-state index contributed by atoms with van der Waals surface area (Å²) >= 11 is 0. The summed E-state index contributed by atoms with van der Waals surface area (Å²) in [5.74, 6) is 0.733. The average molecular weight is 241 g/mol. The van der Waals surface area contributed by atoms with Gasteiger partial charge in [0.1, 0.15) is 0 Å². The molecule has 0 heterocycles. The number of unbranched alkanes of at least 4 members (excludes halogenated alkanes) is 5. The van der Waals surface area contributed by atoms with Gasteiger partial charge in [-0.1, -0.05) is 51.9 Å². The molecule has 1 unspecified atom stereocenters. The maximum Gasteiger partial charge on any atom is 0.0796 e. The second-order valence-electron chi connectivity index (χ2n) is 5.76. The van der Waals surface area contributed by atoms with Gasteiger partial charge in [-0.25, -0.2) is 0 Å². The first-order chi connectivity index (χ1) is 8.33. The Morgan fingerprint density at radius 2 is 1.59 bits per heavy atom. The molecule has 1 aliphatic carbocycles. The van der Waals surface area contributed by atoms with Crippen molar-refractivity contribution in [2.45, 2.75) is 77.6 Å². The number of hydrogen-bond donors (Lipinski definition) is 1. The van der Waals surface area contributed by atoms with Crippen LogP contribution in [0.25, 0.3) is 0 Å². The van der Waals surface area contributed by atoms with Gasteiger partial charge in [-0.2, -0.15) is 0 Å². The molecule has 0 bridgehead atoms. The molecule has 1 saturated carbocycles. The van der Waals surface area contributed by atoms with E-state index >= 15 is 0 Å². The third kappa shape index (κ3) is 7.77. The monoisotopic (exact) mass is 241 g/mol. The third-order valence-electron chi connectivity index (χ3n) is 4.05. The van der Waals surface area contributed by atoms with Crippen molar-refractivity contribution in [2.24, 2.45) is 5.92 Å². The minimum absolute atomic E-state index is 0.535. The summed E-state index contributed by atoms with van der Waals surface area (Å²) in [6.07, 6.45) is 14.5. The Morgan fingerprint density at radius 3 is 2.29 bits per heavy atom. The molecule has 1 N–H and O–H groups in total. The Hall–Kier alpha value is -0.0800. The van der Waals surface area contributed by atoms with E-state index in [4.69, 9.17) is 0 Å². The Kier molecular flexibility index (Phi) is 8.72. The minimum atomic E-state index is 0.535. The summed E-state index contributed by atoms with van der Waals surface area (Å²) in [7, 11) is 0. The van der Waals surface area contributed by atoms with E-state index in [-0.39, 0.29) is 0 Å². The molecule has 17 heavy (non-hydrogen) atoms. The zero-order valence-corrected chi connectivity index (χ0v) is 11.7. The summed E-state index contributed by atoms with van der Waals surface area (Å²) in [5, 5.41) is 12.3. The van der Waals surface area contributed by atoms with Crippen molar-refractivity contribution in [3.05, 3.63) is 5.21 Å². The van der Waals surface area contributed by atoms with Crippen molar-refractivity contribution < 1.29 is 5.06 Å². The minimum Gasteiger partial charge on any atom is -0.634 e. The number of hydroxylamine groups is 2. The molecule has 0 radical (unpaired) electrons. The summed E-state index contributed by atoms with van der Waals surface area (Å²) in [6.45, 7) is 3.98. The van der Waals surface area contributed by atoms with Crippen LogP contribution in [0.5, 0.6) is 0 Å². The molecule has 2 heteroatoms. The molecule has 102 valence electrons. The zero-order valence-electron chi connectivity index (χ0n) is 11.7. The van der Waals surface area contributed by atoms with Gasteiger partial charge >= 0.3 is 0 Å². The topological polar surface area (TPSA) is 27.5 Å². The van der Waals surface area contributed by atoms with E-state index in [0.717, 1.165) is 25.4 Å². The molecular weight excluding hydrogens is 210 g/mol. The van der Waals surface area contributed by atoms with Crippen molar-refractivity contribution in [3.8, 4) is 0 Å². The highest BCUT2D eigenvalue weighted by atomic mass is 16.5. The van der Waals surface area contributed by atoms with E-state index in [9.17, 15) is 5.21 Å². The highest BCUT2D eigenvalue weighted by molar-refractivity contribution is 4.64. The van der Waals surface area contributed by atoms with E-state index < -0.39 is 0 Å². The first-order valence-electron chi connectivity index (χ1n) is 7.84. The van der Waals surface area contributed by atoms with Gasteiger partial charge in [0, 0.05) is 5.92 Å². The zero-order chi connectivity index (χ0) is 12.3. The molecule has 2 nitrogen and oxygen atoms in total. The van der Waals surface area contributed by atoms with Gasteiger partial charge in [0.05, 0.1) is 13.1 Å². The summed E-state index contributed by atoms with van der Waals surface area (Å²) in [5.41, 5.74) is 0. The predicted molar refractivity (Wildman–Crippen MR) is 74.0 cm³/mol. The van der Waals surface area contributed by atoms with Crippen LogP contribution in [0.3, 0.4) is 0 Å². The fourth-order valence-corrected chi connectivity index (χ4v) is 2.92. The van der Waals surface area contributed by atoms with Crippen molar-refractivity contribution in [2.75, 3.05) is 13.1 Å². The van der Waals surface area contributed by atoms with Gasteiger partial charge < -0.3 is 10.3 Å². The van der Waals surface area contributed by atoms with E-state index in [0.29, 0.717) is 5.06 Å². The molecule has 1 aliphatic rings. The van der Waals surface area contributed by atoms with Crippen LogP contribution in [0.4, 0.5) is 0 Å². The van der Waals surface area contributed by atoms with Gasteiger partial charge in [0.15, 0.2) is 0 Å². The second kappa shape index (κ2) is 9.90. The van der Waals surface area contributed by atoms with Crippen molar-refractivity contribution in [1.29, 1.82) is 0 Å². The maximum atomic E-state index is 11.8. The largest absolute Gasteiger partial charge is 0.634 e. The molecule has 0 saturated heterocycles. The van der Waals surface area contributed by atoms with E-state index in [1.807, 2.05) is 0 Å². The molecule has 0 amide bonds. The number of nitrogens with one attached hydrogen (secondary N) is 1. The summed E-state index contributed by atoms with van der Waals surface area (Å²) in [4.78, 5) is 0. The molecule has 0 aromatic heterocycles. The van der Waals surface area contributed by atoms with Crippen molar-refractivity contribution in [1.82, 2.24) is 0 Å². The molecule has 0 aromatic rings. The van der Waals surface area contributed by atoms with Gasteiger partial charge in [0.2, 0.25) is 0 Å². The number of quaternary nitrogens is 1. The Bertz CT molecular complexity index is 166. The first-order valence-corrected chi connectivity index (χ1v) is 7.84. The van der Waals surface area contributed by atoms with Gasteiger partial charge in [-0.15, -0.1) is 0 Å². The van der Waals surface area contributed by atoms with Crippen LogP contribution in [-0.2, 0) is 0 Å². The normalized spacial score (nSPS) is 19.4. The molecule has 1 atom stereocenters. The summed E-state index contributed by atoms with van der Waals surface area (Å²) < 4.78 is 0. The smallest absolute Gasteiger partial charge is 0.0796 e. The average Bonchev–Trinajstić information content (AvgIpc) is 2.35. The molecule has 1 fully saturated rings. The van der Waals surface area contributed by atoms with Gasteiger partial charge in [-0.05, 0) is 25.7 Å². The van der Waals surface area contributed by atoms with Gasteiger partial charge in [-0.3, -0.25) is 0 Å². The molecule has 0 aromatic carbocycles. The fourth-order valence-electron chi connectivity index (χ4n) is 2.92. The van der Waals surface area contributed by atoms with Crippen LogP contribution in [0, 0.1) is 11.1 Å². The van der Waals surface area contributed by atoms with Crippen LogP contribution in [0.15, 0.2) is 0 Å². The van der Waals surface area contributed by atoms with Gasteiger partial charge in [0.25, 0.3) is 0 Å².